The molecule has 0 radical (unpaired) electrons. The lowest BCUT2D eigenvalue weighted by Crippen LogP contribution is -2.14. The van der Waals surface area contributed by atoms with Crippen LogP contribution < -0.4 is 0 Å². The first-order chi connectivity index (χ1) is 9.49. The monoisotopic (exact) mass is 312 g/mol. The van der Waals surface area contributed by atoms with Gasteiger partial charge in [0.2, 0.25) is 0 Å². The smallest absolute Gasteiger partial charge is 0.192 e. The zero-order valence-electron chi connectivity index (χ0n) is 11.1. The SMILES string of the molecule is CC(C)n1ncc(Cl)c1C(=O)CSc1cccc(F)c1. The van der Waals surface area contributed by atoms with E-state index in [1.165, 1.54) is 30.1 Å². The summed E-state index contributed by atoms with van der Waals surface area (Å²) in [6.07, 6.45) is 1.47. The first-order valence-electron chi connectivity index (χ1n) is 6.13. The molecule has 0 saturated heterocycles. The Balaban J connectivity index is 2.11. The molecule has 20 heavy (non-hydrogen) atoms. The van der Waals surface area contributed by atoms with Crippen LogP contribution in [0.15, 0.2) is 35.4 Å². The van der Waals surface area contributed by atoms with Gasteiger partial charge in [-0.25, -0.2) is 4.39 Å². The summed E-state index contributed by atoms with van der Waals surface area (Å²) in [5.41, 5.74) is 0.408. The van der Waals surface area contributed by atoms with Crippen LogP contribution in [0.2, 0.25) is 5.02 Å². The number of aromatic nitrogens is 2. The normalized spacial score (nSPS) is 11.1. The lowest BCUT2D eigenvalue weighted by atomic mass is 10.3. The second-order valence-electron chi connectivity index (χ2n) is 4.55. The average molecular weight is 313 g/mol. The minimum absolute atomic E-state index is 0.0561. The standard InChI is InChI=1S/C14H14ClFN2OS/c1-9(2)18-14(12(15)7-17-18)13(19)8-20-11-5-3-4-10(16)6-11/h3-7,9H,8H2,1-2H3. The van der Waals surface area contributed by atoms with Crippen molar-refractivity contribution >= 4 is 29.1 Å². The number of benzene rings is 1. The van der Waals surface area contributed by atoms with Gasteiger partial charge in [0, 0.05) is 10.9 Å². The van der Waals surface area contributed by atoms with Gasteiger partial charge in [0.1, 0.15) is 11.5 Å². The Morgan fingerprint density at radius 1 is 1.50 bits per heavy atom. The van der Waals surface area contributed by atoms with Crippen molar-refractivity contribution in [2.75, 3.05) is 5.75 Å². The van der Waals surface area contributed by atoms with Crippen molar-refractivity contribution in [2.24, 2.45) is 0 Å². The minimum atomic E-state index is -0.312. The fourth-order valence-electron chi connectivity index (χ4n) is 1.77. The third-order valence-corrected chi connectivity index (χ3v) is 3.94. The van der Waals surface area contributed by atoms with Crippen LogP contribution >= 0.6 is 23.4 Å². The van der Waals surface area contributed by atoms with Gasteiger partial charge in [-0.05, 0) is 32.0 Å². The second-order valence-corrected chi connectivity index (χ2v) is 6.00. The Labute approximate surface area is 126 Å². The molecule has 0 saturated carbocycles. The largest absolute Gasteiger partial charge is 0.291 e. The van der Waals surface area contributed by atoms with Crippen molar-refractivity contribution in [1.29, 1.82) is 0 Å². The van der Waals surface area contributed by atoms with E-state index in [9.17, 15) is 9.18 Å². The van der Waals surface area contributed by atoms with Crippen molar-refractivity contribution in [3.63, 3.8) is 0 Å². The Hall–Kier alpha value is -1.33. The summed E-state index contributed by atoms with van der Waals surface area (Å²) in [6, 6.07) is 6.21. The van der Waals surface area contributed by atoms with Crippen LogP contribution in [0.25, 0.3) is 0 Å². The molecule has 1 heterocycles. The van der Waals surface area contributed by atoms with Gasteiger partial charge in [-0.3, -0.25) is 9.48 Å². The molecular formula is C14H14ClFN2OS. The number of carbonyl (C=O) groups is 1. The number of halogens is 2. The Kier molecular flexibility index (Phi) is 4.83. The van der Waals surface area contributed by atoms with Gasteiger partial charge in [0.15, 0.2) is 5.78 Å². The first kappa shape index (κ1) is 15.1. The van der Waals surface area contributed by atoms with Crippen molar-refractivity contribution in [1.82, 2.24) is 9.78 Å². The number of Topliss-reactive ketones (excluding diaryl/α,β-unsaturated/α-hetero) is 1. The van der Waals surface area contributed by atoms with Crippen molar-refractivity contribution in [2.45, 2.75) is 24.8 Å². The Morgan fingerprint density at radius 2 is 2.25 bits per heavy atom. The predicted molar refractivity (Wildman–Crippen MR) is 79.1 cm³/mol. The van der Waals surface area contributed by atoms with Crippen molar-refractivity contribution in [3.8, 4) is 0 Å². The van der Waals surface area contributed by atoms with E-state index in [-0.39, 0.29) is 23.4 Å². The van der Waals surface area contributed by atoms with Gasteiger partial charge in [-0.15, -0.1) is 11.8 Å². The fourth-order valence-corrected chi connectivity index (χ4v) is 2.81. The third-order valence-electron chi connectivity index (χ3n) is 2.67. The quantitative estimate of drug-likeness (QED) is 0.612. The van der Waals surface area contributed by atoms with Crippen LogP contribution in [0, 0.1) is 5.82 Å². The van der Waals surface area contributed by atoms with Crippen LogP contribution in [-0.2, 0) is 0 Å². The molecule has 0 fully saturated rings. The highest BCUT2D eigenvalue weighted by Gasteiger charge is 2.19. The van der Waals surface area contributed by atoms with Crippen LogP contribution in [0.4, 0.5) is 4.39 Å². The number of hydrogen-bond acceptors (Lipinski definition) is 3. The van der Waals surface area contributed by atoms with E-state index in [0.29, 0.717) is 15.6 Å². The molecule has 0 atom stereocenters. The number of rotatable bonds is 5. The molecule has 0 aliphatic rings. The molecule has 0 N–H and O–H groups in total. The summed E-state index contributed by atoms with van der Waals surface area (Å²) in [5, 5.41) is 4.45. The molecular weight excluding hydrogens is 299 g/mol. The highest BCUT2D eigenvalue weighted by atomic mass is 35.5. The summed E-state index contributed by atoms with van der Waals surface area (Å²) in [6.45, 7) is 3.86. The van der Waals surface area contributed by atoms with E-state index >= 15 is 0 Å². The van der Waals surface area contributed by atoms with E-state index in [1.54, 1.807) is 16.8 Å². The van der Waals surface area contributed by atoms with Crippen LogP contribution in [-0.4, -0.2) is 21.3 Å². The van der Waals surface area contributed by atoms with Crippen LogP contribution in [0.1, 0.15) is 30.4 Å². The molecule has 3 nitrogen and oxygen atoms in total. The van der Waals surface area contributed by atoms with Crippen LogP contribution in [0.5, 0.6) is 0 Å². The van der Waals surface area contributed by atoms with E-state index in [1.807, 2.05) is 13.8 Å². The summed E-state index contributed by atoms with van der Waals surface area (Å²) >= 11 is 7.30. The number of nitrogens with zero attached hydrogens (tertiary/aromatic N) is 2. The molecule has 1 aromatic heterocycles. The average Bonchev–Trinajstić information content (AvgIpc) is 2.78. The Morgan fingerprint density at radius 3 is 2.90 bits per heavy atom. The van der Waals surface area contributed by atoms with Gasteiger partial charge in [0.05, 0.1) is 17.0 Å². The molecule has 6 heteroatoms. The van der Waals surface area contributed by atoms with E-state index < -0.39 is 0 Å². The predicted octanol–water partition coefficient (Wildman–Crippen LogP) is 4.23. The summed E-state index contributed by atoms with van der Waals surface area (Å²) in [7, 11) is 0. The van der Waals surface area contributed by atoms with Gasteiger partial charge in [-0.1, -0.05) is 17.7 Å². The Bertz CT molecular complexity index is 627. The third kappa shape index (κ3) is 3.41. The van der Waals surface area contributed by atoms with Gasteiger partial charge in [0.25, 0.3) is 0 Å². The summed E-state index contributed by atoms with van der Waals surface area (Å²) < 4.78 is 14.7. The zero-order chi connectivity index (χ0) is 14.7. The zero-order valence-corrected chi connectivity index (χ0v) is 12.7. The number of ketones is 1. The summed E-state index contributed by atoms with van der Waals surface area (Å²) in [5.74, 6) is -0.232. The topological polar surface area (TPSA) is 34.9 Å². The van der Waals surface area contributed by atoms with Gasteiger partial charge >= 0.3 is 0 Å². The fraction of sp³-hybridized carbons (Fsp3) is 0.286. The number of carbonyl (C=O) groups excluding carboxylic acids is 1. The maximum absolute atomic E-state index is 13.1. The van der Waals surface area contributed by atoms with Gasteiger partial charge in [-0.2, -0.15) is 5.10 Å². The first-order valence-corrected chi connectivity index (χ1v) is 7.50. The highest BCUT2D eigenvalue weighted by Crippen LogP contribution is 2.24. The molecule has 1 aromatic carbocycles. The maximum Gasteiger partial charge on any atom is 0.192 e. The van der Waals surface area contributed by atoms with Crippen LogP contribution in [0.3, 0.4) is 0 Å². The highest BCUT2D eigenvalue weighted by molar-refractivity contribution is 8.00. The molecule has 0 amide bonds. The van der Waals surface area contributed by atoms with Gasteiger partial charge < -0.3 is 0 Å². The molecule has 0 bridgehead atoms. The van der Waals surface area contributed by atoms with Crippen molar-refractivity contribution < 1.29 is 9.18 Å². The molecule has 106 valence electrons. The van der Waals surface area contributed by atoms with E-state index in [4.69, 9.17) is 11.6 Å². The van der Waals surface area contributed by atoms with Crippen molar-refractivity contribution in [3.05, 3.63) is 47.0 Å². The number of thioether (sulfide) groups is 1. The lowest BCUT2D eigenvalue weighted by Gasteiger charge is -2.10. The molecule has 0 aliphatic carbocycles. The second kappa shape index (κ2) is 6.41. The summed E-state index contributed by atoms with van der Waals surface area (Å²) in [4.78, 5) is 13.0. The molecule has 2 aromatic rings. The molecule has 0 unspecified atom stereocenters. The lowest BCUT2D eigenvalue weighted by molar-refractivity contribution is 0.101. The molecule has 0 aliphatic heterocycles. The van der Waals surface area contributed by atoms with E-state index in [0.717, 1.165) is 0 Å². The molecule has 0 spiro atoms. The number of hydrogen-bond donors (Lipinski definition) is 0. The van der Waals surface area contributed by atoms with E-state index in [2.05, 4.69) is 5.10 Å². The maximum atomic E-state index is 13.1. The minimum Gasteiger partial charge on any atom is -0.291 e. The molecule has 2 rings (SSSR count).